The second-order valence-corrected chi connectivity index (χ2v) is 7.28. The fourth-order valence-electron chi connectivity index (χ4n) is 2.61. The smallest absolute Gasteiger partial charge is 0.271 e. The molecule has 0 atom stereocenters. The Balaban J connectivity index is 1.57. The van der Waals surface area contributed by atoms with Gasteiger partial charge < -0.3 is 14.8 Å². The van der Waals surface area contributed by atoms with Crippen LogP contribution in [-0.4, -0.2) is 31.7 Å². The minimum atomic E-state index is -0.366. The molecule has 0 bridgehead atoms. The van der Waals surface area contributed by atoms with E-state index in [1.807, 2.05) is 0 Å². The summed E-state index contributed by atoms with van der Waals surface area (Å²) in [6.45, 7) is -0.230. The van der Waals surface area contributed by atoms with Gasteiger partial charge >= 0.3 is 0 Å². The summed E-state index contributed by atoms with van der Waals surface area (Å²) in [4.78, 5) is 24.2. The first-order valence-corrected chi connectivity index (χ1v) is 10.2. The highest BCUT2D eigenvalue weighted by atomic mass is 35.5. The van der Waals surface area contributed by atoms with E-state index in [0.717, 1.165) is 0 Å². The third kappa shape index (κ3) is 6.47. The zero-order valence-electron chi connectivity index (χ0n) is 17.0. The Labute approximate surface area is 194 Å². The number of para-hydroxylation sites is 1. The first kappa shape index (κ1) is 23.1. The van der Waals surface area contributed by atoms with Crippen molar-refractivity contribution < 1.29 is 19.1 Å². The molecule has 0 unspecified atom stereocenters. The molecule has 0 fully saturated rings. The van der Waals surface area contributed by atoms with Gasteiger partial charge in [0.25, 0.3) is 11.8 Å². The van der Waals surface area contributed by atoms with Gasteiger partial charge in [-0.3, -0.25) is 9.59 Å². The van der Waals surface area contributed by atoms with Crippen molar-refractivity contribution in [1.82, 2.24) is 5.43 Å². The van der Waals surface area contributed by atoms with Crippen molar-refractivity contribution in [2.75, 3.05) is 19.0 Å². The Hall–Kier alpha value is -3.55. The Kier molecular flexibility index (Phi) is 8.08. The van der Waals surface area contributed by atoms with Crippen LogP contribution < -0.4 is 20.2 Å². The highest BCUT2D eigenvalue weighted by Gasteiger charge is 2.10. The lowest BCUT2D eigenvalue weighted by Crippen LogP contribution is -2.20. The first-order chi connectivity index (χ1) is 15.5. The zero-order valence-corrected chi connectivity index (χ0v) is 18.5. The van der Waals surface area contributed by atoms with Crippen molar-refractivity contribution in [2.24, 2.45) is 5.10 Å². The number of anilines is 1. The van der Waals surface area contributed by atoms with Gasteiger partial charge in [-0.1, -0.05) is 35.3 Å². The average Bonchev–Trinajstić information content (AvgIpc) is 2.80. The molecule has 32 heavy (non-hydrogen) atoms. The van der Waals surface area contributed by atoms with Crippen LogP contribution in [0.5, 0.6) is 11.5 Å². The second kappa shape index (κ2) is 11.2. The van der Waals surface area contributed by atoms with E-state index in [2.05, 4.69) is 15.8 Å². The van der Waals surface area contributed by atoms with E-state index in [9.17, 15) is 9.59 Å². The number of hydrogen-bond donors (Lipinski definition) is 2. The number of hydrazone groups is 1. The topological polar surface area (TPSA) is 89.0 Å². The molecule has 3 aromatic rings. The van der Waals surface area contributed by atoms with Crippen LogP contribution in [0.2, 0.25) is 10.0 Å². The quantitative estimate of drug-likeness (QED) is 0.365. The van der Waals surface area contributed by atoms with E-state index < -0.39 is 0 Å². The molecule has 3 rings (SSSR count). The van der Waals surface area contributed by atoms with E-state index in [1.54, 1.807) is 66.7 Å². The third-order valence-electron chi connectivity index (χ3n) is 4.18. The number of benzene rings is 3. The lowest BCUT2D eigenvalue weighted by molar-refractivity contribution is -0.118. The monoisotopic (exact) mass is 471 g/mol. The molecular formula is C23H19Cl2N3O4. The zero-order chi connectivity index (χ0) is 22.9. The van der Waals surface area contributed by atoms with Gasteiger partial charge in [0.2, 0.25) is 0 Å². The summed E-state index contributed by atoms with van der Waals surface area (Å²) in [5.41, 5.74) is 4.03. The molecule has 3 aromatic carbocycles. The lowest BCUT2D eigenvalue weighted by Gasteiger charge is -2.12. The summed E-state index contributed by atoms with van der Waals surface area (Å²) in [5.74, 6) is 0.0535. The molecule has 0 saturated heterocycles. The van der Waals surface area contributed by atoms with Gasteiger partial charge in [-0.05, 0) is 60.2 Å². The van der Waals surface area contributed by atoms with Crippen molar-refractivity contribution in [2.45, 2.75) is 0 Å². The van der Waals surface area contributed by atoms with Gasteiger partial charge in [-0.25, -0.2) is 5.43 Å². The Morgan fingerprint density at radius 2 is 1.75 bits per heavy atom. The van der Waals surface area contributed by atoms with Gasteiger partial charge in [-0.15, -0.1) is 0 Å². The van der Waals surface area contributed by atoms with Gasteiger partial charge in [0, 0.05) is 10.6 Å². The number of ether oxygens (including phenoxy) is 2. The van der Waals surface area contributed by atoms with Crippen LogP contribution in [0.25, 0.3) is 0 Å². The summed E-state index contributed by atoms with van der Waals surface area (Å²) < 4.78 is 10.9. The third-order valence-corrected chi connectivity index (χ3v) is 4.76. The Bertz CT molecular complexity index is 1130. The fourth-order valence-corrected chi connectivity index (χ4v) is 2.92. The van der Waals surface area contributed by atoms with E-state index >= 15 is 0 Å². The highest BCUT2D eigenvalue weighted by molar-refractivity contribution is 6.33. The maximum absolute atomic E-state index is 12.1. The Morgan fingerprint density at radius 1 is 1.00 bits per heavy atom. The average molecular weight is 472 g/mol. The number of halogens is 2. The molecule has 0 aromatic heterocycles. The summed E-state index contributed by atoms with van der Waals surface area (Å²) in [6.07, 6.45) is 1.46. The van der Waals surface area contributed by atoms with Crippen molar-refractivity contribution in [3.63, 3.8) is 0 Å². The minimum Gasteiger partial charge on any atom is -0.493 e. The molecule has 0 spiro atoms. The van der Waals surface area contributed by atoms with Crippen LogP contribution in [0.3, 0.4) is 0 Å². The summed E-state index contributed by atoms with van der Waals surface area (Å²) in [6, 6.07) is 18.4. The second-order valence-electron chi connectivity index (χ2n) is 6.43. The molecule has 2 amide bonds. The van der Waals surface area contributed by atoms with Crippen LogP contribution in [0, 0.1) is 0 Å². The van der Waals surface area contributed by atoms with Crippen LogP contribution >= 0.6 is 23.2 Å². The fraction of sp³-hybridized carbons (Fsp3) is 0.0870. The van der Waals surface area contributed by atoms with Gasteiger partial charge in [0.1, 0.15) is 0 Å². The van der Waals surface area contributed by atoms with Crippen LogP contribution in [0.4, 0.5) is 5.69 Å². The lowest BCUT2D eigenvalue weighted by atomic mass is 10.2. The van der Waals surface area contributed by atoms with Crippen molar-refractivity contribution in [3.05, 3.63) is 87.9 Å². The van der Waals surface area contributed by atoms with Crippen molar-refractivity contribution in [1.29, 1.82) is 0 Å². The van der Waals surface area contributed by atoms with Crippen LogP contribution in [-0.2, 0) is 4.79 Å². The summed E-state index contributed by atoms with van der Waals surface area (Å²) in [5, 5.41) is 7.60. The van der Waals surface area contributed by atoms with Crippen LogP contribution in [0.15, 0.2) is 71.8 Å². The predicted octanol–water partition coefficient (Wildman–Crippen LogP) is 4.78. The minimum absolute atomic E-state index is 0.230. The maximum Gasteiger partial charge on any atom is 0.271 e. The van der Waals surface area contributed by atoms with E-state index in [4.69, 9.17) is 32.7 Å². The Morgan fingerprint density at radius 3 is 2.47 bits per heavy atom. The predicted molar refractivity (Wildman–Crippen MR) is 125 cm³/mol. The number of nitrogens with one attached hydrogen (secondary N) is 2. The molecule has 9 heteroatoms. The van der Waals surface area contributed by atoms with Crippen molar-refractivity contribution >= 4 is 46.9 Å². The molecule has 164 valence electrons. The van der Waals surface area contributed by atoms with E-state index in [0.29, 0.717) is 38.4 Å². The molecular weight excluding hydrogens is 453 g/mol. The van der Waals surface area contributed by atoms with Crippen molar-refractivity contribution in [3.8, 4) is 11.5 Å². The summed E-state index contributed by atoms with van der Waals surface area (Å²) >= 11 is 11.8. The number of carbonyl (C=O) groups is 2. The van der Waals surface area contributed by atoms with Crippen LogP contribution in [0.1, 0.15) is 15.9 Å². The van der Waals surface area contributed by atoms with Gasteiger partial charge in [0.05, 0.1) is 24.0 Å². The molecule has 2 N–H and O–H groups in total. The molecule has 0 radical (unpaired) electrons. The molecule has 0 saturated carbocycles. The van der Waals surface area contributed by atoms with E-state index in [-0.39, 0.29) is 18.4 Å². The standard InChI is InChI=1S/C23H19Cl2N3O4/c1-31-21-12-15(13-26-28-23(30)16-7-9-17(24)10-8-16)6-11-20(21)32-14-22(29)27-19-5-3-2-4-18(19)25/h2-13H,14H2,1H3,(H,27,29)(H,28,30)/b26-13+. The van der Waals surface area contributed by atoms with Gasteiger partial charge in [-0.2, -0.15) is 5.10 Å². The SMILES string of the molecule is COc1cc(/C=N/NC(=O)c2ccc(Cl)cc2)ccc1OCC(=O)Nc1ccccc1Cl. The molecule has 0 heterocycles. The molecule has 7 nitrogen and oxygen atoms in total. The number of nitrogens with zero attached hydrogens (tertiary/aromatic N) is 1. The number of carbonyl (C=O) groups excluding carboxylic acids is 2. The first-order valence-electron chi connectivity index (χ1n) is 9.40. The largest absolute Gasteiger partial charge is 0.493 e. The molecule has 0 aliphatic carbocycles. The molecule has 0 aliphatic rings. The summed E-state index contributed by atoms with van der Waals surface area (Å²) in [7, 11) is 1.48. The number of methoxy groups -OCH3 is 1. The number of hydrogen-bond acceptors (Lipinski definition) is 5. The van der Waals surface area contributed by atoms with Gasteiger partial charge in [0.15, 0.2) is 18.1 Å². The number of rotatable bonds is 8. The normalized spacial score (nSPS) is 10.6. The maximum atomic E-state index is 12.1. The highest BCUT2D eigenvalue weighted by Crippen LogP contribution is 2.28. The molecule has 0 aliphatic heterocycles. The number of amides is 2. The van der Waals surface area contributed by atoms with E-state index in [1.165, 1.54) is 13.3 Å².